The third-order valence-corrected chi connectivity index (χ3v) is 8.04. The Balaban J connectivity index is 1.35. The Morgan fingerprint density at radius 2 is 1.90 bits per heavy atom. The molecule has 2 unspecified atom stereocenters. The monoisotopic (exact) mass is 415 g/mol. The molecule has 0 radical (unpaired) electrons. The summed E-state index contributed by atoms with van der Waals surface area (Å²) >= 11 is 0. The second-order valence-corrected chi connectivity index (χ2v) is 10.5. The molecule has 2 aliphatic carbocycles. The van der Waals surface area contributed by atoms with Gasteiger partial charge in [-0.15, -0.1) is 5.10 Å². The van der Waals surface area contributed by atoms with Gasteiger partial charge in [-0.1, -0.05) is 6.07 Å². The summed E-state index contributed by atoms with van der Waals surface area (Å²) < 4.78 is 14.8. The van der Waals surface area contributed by atoms with E-state index in [2.05, 4.69) is 26.6 Å². The van der Waals surface area contributed by atoms with E-state index in [4.69, 9.17) is 0 Å². The fraction of sp³-hybridized carbons (Fsp3) is 0.619. The number of aliphatic hydroxyl groups is 1. The summed E-state index contributed by atoms with van der Waals surface area (Å²) in [6.07, 6.45) is 7.73. The summed E-state index contributed by atoms with van der Waals surface area (Å²) in [5, 5.41) is 21.2. The molecule has 5 rings (SSSR count). The van der Waals surface area contributed by atoms with Crippen LogP contribution in [-0.4, -0.2) is 47.5 Å². The number of fused-ring (bicyclic) bond motifs is 2. The van der Waals surface area contributed by atoms with Crippen molar-refractivity contribution in [2.45, 2.75) is 69.6 Å². The molecular weight excluding hydrogens is 386 g/mol. The summed E-state index contributed by atoms with van der Waals surface area (Å²) in [6, 6.07) is 2.40. The maximum absolute atomic E-state index is 13.0. The lowest BCUT2D eigenvalue weighted by atomic mass is 9.91. The van der Waals surface area contributed by atoms with Crippen LogP contribution in [0, 0.1) is 5.92 Å². The van der Waals surface area contributed by atoms with Gasteiger partial charge in [-0.3, -0.25) is 0 Å². The number of nitrogens with one attached hydrogen (secondary N) is 2. The molecule has 0 amide bonds. The fourth-order valence-electron chi connectivity index (χ4n) is 5.04. The number of H-pyrrole nitrogens is 1. The van der Waals surface area contributed by atoms with Gasteiger partial charge in [0.05, 0.1) is 5.60 Å². The number of aromatic nitrogens is 3. The number of nitrogens with zero attached hydrogens (tertiary/aromatic N) is 3. The minimum absolute atomic E-state index is 0.112. The SMILES string of the molecule is CC(C)(O)C1CCN(S(=O)c2nc(Nc3c4c(cc5c3CCC5)CCC4)n[nH]2)C1. The van der Waals surface area contributed by atoms with Crippen LogP contribution >= 0.6 is 0 Å². The van der Waals surface area contributed by atoms with Gasteiger partial charge in [0, 0.05) is 24.7 Å². The lowest BCUT2D eigenvalue weighted by Crippen LogP contribution is -2.34. The molecule has 0 saturated carbocycles. The highest BCUT2D eigenvalue weighted by Crippen LogP contribution is 2.39. The first-order chi connectivity index (χ1) is 13.9. The number of benzene rings is 1. The molecule has 7 nitrogen and oxygen atoms in total. The van der Waals surface area contributed by atoms with E-state index >= 15 is 0 Å². The molecular formula is C21H29N5O2S. The van der Waals surface area contributed by atoms with Crippen molar-refractivity contribution in [2.24, 2.45) is 5.92 Å². The van der Waals surface area contributed by atoms with Crippen LogP contribution in [0.2, 0.25) is 0 Å². The Labute approximate surface area is 173 Å². The smallest absolute Gasteiger partial charge is 0.247 e. The predicted molar refractivity (Wildman–Crippen MR) is 113 cm³/mol. The molecule has 2 heterocycles. The van der Waals surface area contributed by atoms with Crippen molar-refractivity contribution in [1.29, 1.82) is 0 Å². The highest BCUT2D eigenvalue weighted by Gasteiger charge is 2.36. The molecule has 1 fully saturated rings. The standard InChI is InChI=1S/C21H29N5O2S/c1-21(2,27)15-9-10-26(12-15)29(28)20-23-19(24-25-20)22-18-16-7-3-5-13(16)11-14-6-4-8-17(14)18/h11,15,27H,3-10,12H2,1-2H3,(H2,22,23,24,25). The van der Waals surface area contributed by atoms with E-state index in [9.17, 15) is 9.32 Å². The molecule has 1 aromatic carbocycles. The Kier molecular flexibility index (Phi) is 4.75. The molecule has 0 spiro atoms. The van der Waals surface area contributed by atoms with Gasteiger partial charge in [0.2, 0.25) is 11.1 Å². The molecule has 0 bridgehead atoms. The third-order valence-electron chi connectivity index (χ3n) is 6.72. The van der Waals surface area contributed by atoms with Gasteiger partial charge in [0.25, 0.3) is 0 Å². The van der Waals surface area contributed by atoms with Gasteiger partial charge >= 0.3 is 0 Å². The van der Waals surface area contributed by atoms with Gasteiger partial charge in [-0.05, 0) is 81.0 Å². The molecule has 3 N–H and O–H groups in total. The van der Waals surface area contributed by atoms with Crippen molar-refractivity contribution in [1.82, 2.24) is 19.5 Å². The van der Waals surface area contributed by atoms with E-state index in [1.165, 1.54) is 40.8 Å². The highest BCUT2D eigenvalue weighted by molar-refractivity contribution is 7.82. The first-order valence-corrected chi connectivity index (χ1v) is 11.8. The van der Waals surface area contributed by atoms with Crippen molar-refractivity contribution in [3.63, 3.8) is 0 Å². The van der Waals surface area contributed by atoms with Gasteiger partial charge in [-0.2, -0.15) is 4.98 Å². The van der Waals surface area contributed by atoms with Crippen LogP contribution in [-0.2, 0) is 36.7 Å². The maximum atomic E-state index is 13.0. The topological polar surface area (TPSA) is 94.1 Å². The minimum Gasteiger partial charge on any atom is -0.390 e. The minimum atomic E-state index is -1.40. The predicted octanol–water partition coefficient (Wildman–Crippen LogP) is 2.64. The molecule has 1 aromatic heterocycles. The van der Waals surface area contributed by atoms with Gasteiger partial charge in [0.15, 0.2) is 11.0 Å². The first-order valence-electron chi connectivity index (χ1n) is 10.7. The molecule has 8 heteroatoms. The molecule has 2 atom stereocenters. The second kappa shape index (κ2) is 7.18. The zero-order chi connectivity index (χ0) is 20.2. The number of anilines is 2. The Bertz CT molecular complexity index is 932. The van der Waals surface area contributed by atoms with Crippen LogP contribution in [0.5, 0.6) is 0 Å². The number of aromatic amines is 1. The Morgan fingerprint density at radius 3 is 2.52 bits per heavy atom. The summed E-state index contributed by atoms with van der Waals surface area (Å²) in [4.78, 5) is 4.51. The number of hydrogen-bond donors (Lipinski definition) is 3. The largest absolute Gasteiger partial charge is 0.390 e. The first kappa shape index (κ1) is 19.2. The number of rotatable bonds is 5. The third kappa shape index (κ3) is 3.51. The van der Waals surface area contributed by atoms with E-state index in [1.807, 2.05) is 18.2 Å². The van der Waals surface area contributed by atoms with Crippen molar-refractivity contribution in [3.8, 4) is 0 Å². The molecule has 2 aromatic rings. The summed E-state index contributed by atoms with van der Waals surface area (Å²) in [5.74, 6) is 0.599. The van der Waals surface area contributed by atoms with Crippen LogP contribution < -0.4 is 5.32 Å². The van der Waals surface area contributed by atoms with E-state index in [0.29, 0.717) is 24.2 Å². The van der Waals surface area contributed by atoms with Crippen LogP contribution in [0.15, 0.2) is 11.2 Å². The number of aryl methyl sites for hydroxylation is 2. The zero-order valence-electron chi connectivity index (χ0n) is 17.1. The summed E-state index contributed by atoms with van der Waals surface area (Å²) in [7, 11) is -1.40. The normalized spacial score (nSPS) is 22.7. The maximum Gasteiger partial charge on any atom is 0.247 e. The molecule has 156 valence electrons. The van der Waals surface area contributed by atoms with Crippen molar-refractivity contribution in [3.05, 3.63) is 28.3 Å². The van der Waals surface area contributed by atoms with Crippen LogP contribution in [0.25, 0.3) is 0 Å². The number of hydrogen-bond acceptors (Lipinski definition) is 5. The Morgan fingerprint density at radius 1 is 1.21 bits per heavy atom. The van der Waals surface area contributed by atoms with Crippen LogP contribution in [0.4, 0.5) is 11.6 Å². The molecule has 1 saturated heterocycles. The van der Waals surface area contributed by atoms with Crippen LogP contribution in [0.3, 0.4) is 0 Å². The lowest BCUT2D eigenvalue weighted by molar-refractivity contribution is 0.0237. The van der Waals surface area contributed by atoms with Crippen molar-refractivity contribution in [2.75, 3.05) is 18.4 Å². The van der Waals surface area contributed by atoms with Crippen molar-refractivity contribution < 1.29 is 9.32 Å². The molecule has 1 aliphatic heterocycles. The highest BCUT2D eigenvalue weighted by atomic mass is 32.2. The summed E-state index contributed by atoms with van der Waals surface area (Å²) in [6.45, 7) is 4.92. The quantitative estimate of drug-likeness (QED) is 0.698. The zero-order valence-corrected chi connectivity index (χ0v) is 17.9. The van der Waals surface area contributed by atoms with Gasteiger partial charge in [-0.25, -0.2) is 13.6 Å². The summed E-state index contributed by atoms with van der Waals surface area (Å²) in [5.41, 5.74) is 6.16. The van der Waals surface area contributed by atoms with Gasteiger partial charge < -0.3 is 10.4 Å². The van der Waals surface area contributed by atoms with Crippen molar-refractivity contribution >= 4 is 22.6 Å². The Hall–Kier alpha value is -1.77. The molecule has 29 heavy (non-hydrogen) atoms. The fourth-order valence-corrected chi connectivity index (χ4v) is 6.16. The van der Waals surface area contributed by atoms with E-state index in [0.717, 1.165) is 32.1 Å². The average Bonchev–Trinajstić information content (AvgIpc) is 3.44. The molecule has 3 aliphatic rings. The lowest BCUT2D eigenvalue weighted by Gasteiger charge is -2.25. The average molecular weight is 416 g/mol. The second-order valence-electron chi connectivity index (χ2n) is 9.10. The van der Waals surface area contributed by atoms with E-state index < -0.39 is 16.6 Å². The van der Waals surface area contributed by atoms with E-state index in [-0.39, 0.29) is 5.92 Å². The van der Waals surface area contributed by atoms with E-state index in [1.54, 1.807) is 0 Å². The van der Waals surface area contributed by atoms with Crippen LogP contribution in [0.1, 0.15) is 55.4 Å². The van der Waals surface area contributed by atoms with Gasteiger partial charge in [0.1, 0.15) is 0 Å².